The molecule has 1 aliphatic rings. The zero-order chi connectivity index (χ0) is 19.2. The molecule has 0 bridgehead atoms. The van der Waals surface area contributed by atoms with E-state index in [0.717, 1.165) is 24.5 Å². The van der Waals surface area contributed by atoms with Gasteiger partial charge in [-0.2, -0.15) is 0 Å². The van der Waals surface area contributed by atoms with E-state index in [1.165, 1.54) is 23.3 Å². The quantitative estimate of drug-likeness (QED) is 0.563. The van der Waals surface area contributed by atoms with Crippen molar-refractivity contribution in [1.29, 1.82) is 0 Å². The summed E-state index contributed by atoms with van der Waals surface area (Å²) < 4.78 is 0. The molecule has 2 aromatic carbocycles. The van der Waals surface area contributed by atoms with Crippen molar-refractivity contribution in [3.8, 4) is 0 Å². The molecule has 0 radical (unpaired) electrons. The van der Waals surface area contributed by atoms with Gasteiger partial charge in [0.15, 0.2) is 0 Å². The van der Waals surface area contributed by atoms with Crippen LogP contribution in [0.2, 0.25) is 0 Å². The molecule has 1 aliphatic heterocycles. The van der Waals surface area contributed by atoms with Gasteiger partial charge >= 0.3 is 0 Å². The van der Waals surface area contributed by atoms with Gasteiger partial charge in [0.2, 0.25) is 5.91 Å². The lowest BCUT2D eigenvalue weighted by atomic mass is 10.2. The number of rotatable bonds is 6. The number of hydrogen-bond acceptors (Lipinski definition) is 5. The molecular formula is C20H23N3O3S. The second-order valence-corrected chi connectivity index (χ2v) is 7.61. The molecule has 0 aliphatic carbocycles. The first-order chi connectivity index (χ1) is 13.0. The number of nitro benzene ring substituents is 1. The van der Waals surface area contributed by atoms with Crippen LogP contribution in [0.15, 0.2) is 48.5 Å². The maximum absolute atomic E-state index is 12.4. The number of carbonyl (C=O) groups excluding carboxylic acids is 1. The van der Waals surface area contributed by atoms with E-state index in [-0.39, 0.29) is 11.6 Å². The highest BCUT2D eigenvalue weighted by atomic mass is 32.2. The molecule has 3 rings (SSSR count). The topological polar surface area (TPSA) is 66.7 Å². The number of benzene rings is 2. The van der Waals surface area contributed by atoms with Gasteiger partial charge in [-0.05, 0) is 24.6 Å². The molecule has 1 heterocycles. The van der Waals surface area contributed by atoms with E-state index >= 15 is 0 Å². The molecule has 7 heteroatoms. The van der Waals surface area contributed by atoms with Crippen LogP contribution in [-0.4, -0.2) is 47.7 Å². The van der Waals surface area contributed by atoms with Crippen molar-refractivity contribution in [3.05, 3.63) is 69.8 Å². The summed E-state index contributed by atoms with van der Waals surface area (Å²) in [6.07, 6.45) is 0. The van der Waals surface area contributed by atoms with E-state index < -0.39 is 4.92 Å². The van der Waals surface area contributed by atoms with Gasteiger partial charge in [0, 0.05) is 49.8 Å². The Kier molecular flexibility index (Phi) is 6.34. The van der Waals surface area contributed by atoms with E-state index in [2.05, 4.69) is 30.0 Å². The fourth-order valence-electron chi connectivity index (χ4n) is 3.15. The van der Waals surface area contributed by atoms with Crippen molar-refractivity contribution in [3.63, 3.8) is 0 Å². The van der Waals surface area contributed by atoms with Gasteiger partial charge < -0.3 is 9.80 Å². The third-order valence-electron chi connectivity index (χ3n) is 4.63. The van der Waals surface area contributed by atoms with E-state index in [1.54, 1.807) is 23.9 Å². The lowest BCUT2D eigenvalue weighted by Gasteiger charge is -2.36. The van der Waals surface area contributed by atoms with E-state index in [9.17, 15) is 14.9 Å². The van der Waals surface area contributed by atoms with E-state index in [4.69, 9.17) is 0 Å². The Bertz CT molecular complexity index is 802. The van der Waals surface area contributed by atoms with Gasteiger partial charge in [0.25, 0.3) is 5.69 Å². The highest BCUT2D eigenvalue weighted by molar-refractivity contribution is 7.99. The zero-order valence-corrected chi connectivity index (χ0v) is 16.2. The lowest BCUT2D eigenvalue weighted by molar-refractivity contribution is -0.384. The minimum absolute atomic E-state index is 0.0956. The summed E-state index contributed by atoms with van der Waals surface area (Å²) in [5.74, 6) is 1.51. The van der Waals surface area contributed by atoms with Gasteiger partial charge in [-0.3, -0.25) is 14.9 Å². The Hall–Kier alpha value is -2.54. The standard InChI is InChI=1S/C20H23N3O3S/c1-16-3-2-4-17(13-16)14-27-15-20(24)22-11-9-21(10-12-22)18-5-7-19(8-6-18)23(25)26/h2-8,13H,9-12,14-15H2,1H3. The predicted octanol–water partition coefficient (Wildman–Crippen LogP) is 3.49. The van der Waals surface area contributed by atoms with Crippen LogP contribution in [0.4, 0.5) is 11.4 Å². The summed E-state index contributed by atoms with van der Waals surface area (Å²) in [5, 5.41) is 10.7. The molecule has 0 aromatic heterocycles. The number of nitro groups is 1. The maximum atomic E-state index is 12.4. The number of non-ortho nitro benzene ring substituents is 1. The molecule has 1 amide bonds. The Labute approximate surface area is 163 Å². The fourth-order valence-corrected chi connectivity index (χ4v) is 4.02. The van der Waals surface area contributed by atoms with Gasteiger partial charge in [0.05, 0.1) is 10.7 Å². The van der Waals surface area contributed by atoms with E-state index in [0.29, 0.717) is 18.8 Å². The number of aryl methyl sites for hydroxylation is 1. The van der Waals surface area contributed by atoms with Crippen LogP contribution in [0.1, 0.15) is 11.1 Å². The monoisotopic (exact) mass is 385 g/mol. The summed E-state index contributed by atoms with van der Waals surface area (Å²) in [7, 11) is 0. The molecule has 0 spiro atoms. The van der Waals surface area contributed by atoms with Crippen LogP contribution in [0, 0.1) is 17.0 Å². The third kappa shape index (κ3) is 5.23. The SMILES string of the molecule is Cc1cccc(CSCC(=O)N2CCN(c3ccc([N+](=O)[O-])cc3)CC2)c1. The minimum Gasteiger partial charge on any atom is -0.368 e. The molecule has 0 saturated carbocycles. The van der Waals surface area contributed by atoms with Gasteiger partial charge in [-0.25, -0.2) is 0 Å². The molecule has 142 valence electrons. The fraction of sp³-hybridized carbons (Fsp3) is 0.350. The first-order valence-corrected chi connectivity index (χ1v) is 10.1. The van der Waals surface area contributed by atoms with E-state index in [1.807, 2.05) is 11.0 Å². The number of carbonyl (C=O) groups is 1. The van der Waals surface area contributed by atoms with Crippen LogP contribution >= 0.6 is 11.8 Å². The van der Waals surface area contributed by atoms with Crippen molar-refractivity contribution in [2.75, 3.05) is 36.8 Å². The van der Waals surface area contributed by atoms with Crippen molar-refractivity contribution in [1.82, 2.24) is 4.90 Å². The number of nitrogens with zero attached hydrogens (tertiary/aromatic N) is 3. The maximum Gasteiger partial charge on any atom is 0.269 e. The number of anilines is 1. The number of amides is 1. The molecule has 0 atom stereocenters. The van der Waals surface area contributed by atoms with Crippen LogP contribution in [-0.2, 0) is 10.5 Å². The Morgan fingerprint density at radius 2 is 1.81 bits per heavy atom. The zero-order valence-electron chi connectivity index (χ0n) is 15.3. The van der Waals surface area contributed by atoms with Crippen LogP contribution in [0.25, 0.3) is 0 Å². The average Bonchev–Trinajstić information content (AvgIpc) is 2.68. The second-order valence-electron chi connectivity index (χ2n) is 6.62. The highest BCUT2D eigenvalue weighted by Crippen LogP contribution is 2.21. The smallest absolute Gasteiger partial charge is 0.269 e. The summed E-state index contributed by atoms with van der Waals surface area (Å²) in [5.41, 5.74) is 3.54. The average molecular weight is 385 g/mol. The van der Waals surface area contributed by atoms with Gasteiger partial charge in [-0.1, -0.05) is 29.8 Å². The Morgan fingerprint density at radius 3 is 2.44 bits per heavy atom. The molecule has 1 fully saturated rings. The summed E-state index contributed by atoms with van der Waals surface area (Å²) in [4.78, 5) is 26.8. The normalized spacial score (nSPS) is 14.3. The largest absolute Gasteiger partial charge is 0.368 e. The summed E-state index contributed by atoms with van der Waals surface area (Å²) in [6.45, 7) is 4.92. The van der Waals surface area contributed by atoms with Crippen LogP contribution < -0.4 is 4.90 Å². The Balaban J connectivity index is 1.44. The number of hydrogen-bond donors (Lipinski definition) is 0. The summed E-state index contributed by atoms with van der Waals surface area (Å²) >= 11 is 1.65. The van der Waals surface area contributed by atoms with Crippen molar-refractivity contribution in [2.45, 2.75) is 12.7 Å². The summed E-state index contributed by atoms with van der Waals surface area (Å²) in [6, 6.07) is 15.0. The van der Waals surface area contributed by atoms with Crippen molar-refractivity contribution >= 4 is 29.0 Å². The molecule has 6 nitrogen and oxygen atoms in total. The molecule has 27 heavy (non-hydrogen) atoms. The predicted molar refractivity (Wildman–Crippen MR) is 109 cm³/mol. The minimum atomic E-state index is -0.394. The van der Waals surface area contributed by atoms with Crippen LogP contribution in [0.3, 0.4) is 0 Å². The molecule has 0 unspecified atom stereocenters. The molecule has 1 saturated heterocycles. The Morgan fingerprint density at radius 1 is 1.11 bits per heavy atom. The van der Waals surface area contributed by atoms with Gasteiger partial charge in [-0.15, -0.1) is 11.8 Å². The van der Waals surface area contributed by atoms with Gasteiger partial charge in [0.1, 0.15) is 0 Å². The lowest BCUT2D eigenvalue weighted by Crippen LogP contribution is -2.49. The molecular weight excluding hydrogens is 362 g/mol. The highest BCUT2D eigenvalue weighted by Gasteiger charge is 2.21. The molecule has 0 N–H and O–H groups in total. The third-order valence-corrected chi connectivity index (χ3v) is 5.62. The van der Waals surface area contributed by atoms with Crippen LogP contribution in [0.5, 0.6) is 0 Å². The first kappa shape index (κ1) is 19.2. The van der Waals surface area contributed by atoms with Crippen molar-refractivity contribution < 1.29 is 9.72 Å². The molecule has 2 aromatic rings. The number of thioether (sulfide) groups is 1. The number of piperazine rings is 1. The second kappa shape index (κ2) is 8.90. The first-order valence-electron chi connectivity index (χ1n) is 8.93. The van der Waals surface area contributed by atoms with Crippen molar-refractivity contribution in [2.24, 2.45) is 0 Å².